The Morgan fingerprint density at radius 3 is 2.04 bits per heavy atom. The fraction of sp³-hybridized carbons (Fsp3) is 0.0556. The molecule has 0 saturated carbocycles. The SMILES string of the molecule is Nc1ccc(S(=O)(=O)NC(c2ccccc2)c2ccncc2)cc1. The van der Waals surface area contributed by atoms with Crippen LogP contribution in [-0.2, 0) is 10.0 Å². The molecule has 24 heavy (non-hydrogen) atoms. The lowest BCUT2D eigenvalue weighted by atomic mass is 10.0. The molecule has 2 aromatic carbocycles. The van der Waals surface area contributed by atoms with Gasteiger partial charge in [0.25, 0.3) is 0 Å². The van der Waals surface area contributed by atoms with Crippen molar-refractivity contribution in [3.05, 3.63) is 90.3 Å². The van der Waals surface area contributed by atoms with E-state index in [-0.39, 0.29) is 4.90 Å². The van der Waals surface area contributed by atoms with Crippen LogP contribution in [0.15, 0.2) is 84.0 Å². The van der Waals surface area contributed by atoms with E-state index in [1.165, 1.54) is 12.1 Å². The standard InChI is InChI=1S/C18H17N3O2S/c19-16-6-8-17(9-7-16)24(22,23)21-18(14-4-2-1-3-5-14)15-10-12-20-13-11-15/h1-13,18,21H,19H2. The number of benzene rings is 2. The van der Waals surface area contributed by atoms with E-state index in [0.717, 1.165) is 11.1 Å². The van der Waals surface area contributed by atoms with E-state index in [1.54, 1.807) is 36.7 Å². The number of hydrogen-bond donors (Lipinski definition) is 2. The second-order valence-electron chi connectivity index (χ2n) is 5.31. The first-order valence-electron chi connectivity index (χ1n) is 7.39. The number of sulfonamides is 1. The molecule has 1 unspecified atom stereocenters. The normalized spacial score (nSPS) is 12.7. The van der Waals surface area contributed by atoms with Crippen LogP contribution in [0.2, 0.25) is 0 Å². The number of nitrogen functional groups attached to an aromatic ring is 1. The molecule has 0 fully saturated rings. The highest BCUT2D eigenvalue weighted by molar-refractivity contribution is 7.89. The Morgan fingerprint density at radius 1 is 0.833 bits per heavy atom. The number of nitrogens with one attached hydrogen (secondary N) is 1. The average Bonchev–Trinajstić information content (AvgIpc) is 2.62. The van der Waals surface area contributed by atoms with Gasteiger partial charge in [-0.1, -0.05) is 30.3 Å². The van der Waals surface area contributed by atoms with Crippen LogP contribution in [0.5, 0.6) is 0 Å². The van der Waals surface area contributed by atoms with E-state index in [4.69, 9.17) is 5.73 Å². The molecule has 0 aliphatic carbocycles. The third-order valence-corrected chi connectivity index (χ3v) is 5.07. The van der Waals surface area contributed by atoms with Crippen LogP contribution < -0.4 is 10.5 Å². The molecule has 3 aromatic rings. The van der Waals surface area contributed by atoms with Crippen LogP contribution in [0.3, 0.4) is 0 Å². The number of nitrogens with zero attached hydrogens (tertiary/aromatic N) is 1. The number of nitrogens with two attached hydrogens (primary N) is 1. The lowest BCUT2D eigenvalue weighted by Gasteiger charge is -2.19. The van der Waals surface area contributed by atoms with Crippen molar-refractivity contribution >= 4 is 15.7 Å². The van der Waals surface area contributed by atoms with Crippen molar-refractivity contribution in [2.24, 2.45) is 0 Å². The Hall–Kier alpha value is -2.70. The molecular formula is C18H17N3O2S. The van der Waals surface area contributed by atoms with Crippen LogP contribution in [0.4, 0.5) is 5.69 Å². The third-order valence-electron chi connectivity index (χ3n) is 3.64. The van der Waals surface area contributed by atoms with E-state index < -0.39 is 16.1 Å². The van der Waals surface area contributed by atoms with E-state index in [9.17, 15) is 8.42 Å². The topological polar surface area (TPSA) is 85.1 Å². The molecular weight excluding hydrogens is 322 g/mol. The average molecular weight is 339 g/mol. The summed E-state index contributed by atoms with van der Waals surface area (Å²) in [6.45, 7) is 0. The van der Waals surface area contributed by atoms with Crippen LogP contribution in [0.1, 0.15) is 17.2 Å². The summed E-state index contributed by atoms with van der Waals surface area (Å²) in [6, 6.07) is 18.6. The van der Waals surface area contributed by atoms with Crippen molar-refractivity contribution in [2.75, 3.05) is 5.73 Å². The van der Waals surface area contributed by atoms with Crippen molar-refractivity contribution in [1.29, 1.82) is 0 Å². The fourth-order valence-corrected chi connectivity index (χ4v) is 3.61. The van der Waals surface area contributed by atoms with E-state index in [1.807, 2.05) is 30.3 Å². The second-order valence-corrected chi connectivity index (χ2v) is 7.03. The quantitative estimate of drug-likeness (QED) is 0.700. The van der Waals surface area contributed by atoms with E-state index in [0.29, 0.717) is 5.69 Å². The molecule has 0 bridgehead atoms. The molecule has 0 aliphatic heterocycles. The van der Waals surface area contributed by atoms with Crippen molar-refractivity contribution in [3.63, 3.8) is 0 Å². The van der Waals surface area contributed by atoms with E-state index in [2.05, 4.69) is 9.71 Å². The highest BCUT2D eigenvalue weighted by Gasteiger charge is 2.22. The molecule has 0 spiro atoms. The Kier molecular flexibility index (Phi) is 4.59. The number of anilines is 1. The van der Waals surface area contributed by atoms with Gasteiger partial charge in [-0.2, -0.15) is 4.72 Å². The Bertz CT molecular complexity index is 857. The first-order chi connectivity index (χ1) is 11.6. The molecule has 3 rings (SSSR count). The minimum Gasteiger partial charge on any atom is -0.399 e. The molecule has 0 saturated heterocycles. The Labute approximate surface area is 141 Å². The number of pyridine rings is 1. The maximum Gasteiger partial charge on any atom is 0.241 e. The zero-order valence-electron chi connectivity index (χ0n) is 12.8. The maximum atomic E-state index is 12.7. The summed E-state index contributed by atoms with van der Waals surface area (Å²) in [4.78, 5) is 4.17. The van der Waals surface area contributed by atoms with Gasteiger partial charge in [0.05, 0.1) is 10.9 Å². The smallest absolute Gasteiger partial charge is 0.241 e. The van der Waals surface area contributed by atoms with Gasteiger partial charge in [-0.25, -0.2) is 8.42 Å². The zero-order chi connectivity index (χ0) is 17.0. The van der Waals surface area contributed by atoms with Gasteiger partial charge in [0.2, 0.25) is 10.0 Å². The number of rotatable bonds is 5. The van der Waals surface area contributed by atoms with Crippen molar-refractivity contribution in [1.82, 2.24) is 9.71 Å². The lowest BCUT2D eigenvalue weighted by Crippen LogP contribution is -2.29. The van der Waals surface area contributed by atoms with Crippen LogP contribution >= 0.6 is 0 Å². The monoisotopic (exact) mass is 339 g/mol. The predicted molar refractivity (Wildman–Crippen MR) is 93.7 cm³/mol. The number of hydrogen-bond acceptors (Lipinski definition) is 4. The van der Waals surface area contributed by atoms with Crippen LogP contribution in [-0.4, -0.2) is 13.4 Å². The van der Waals surface area contributed by atoms with Gasteiger partial charge in [-0.15, -0.1) is 0 Å². The Morgan fingerprint density at radius 2 is 1.42 bits per heavy atom. The molecule has 122 valence electrons. The van der Waals surface area contributed by atoms with Gasteiger partial charge in [0.15, 0.2) is 0 Å². The number of aromatic nitrogens is 1. The summed E-state index contributed by atoms with van der Waals surface area (Å²) in [5.41, 5.74) is 7.81. The first-order valence-corrected chi connectivity index (χ1v) is 8.87. The van der Waals surface area contributed by atoms with Gasteiger partial charge >= 0.3 is 0 Å². The molecule has 1 aromatic heterocycles. The van der Waals surface area contributed by atoms with Crippen molar-refractivity contribution in [2.45, 2.75) is 10.9 Å². The molecule has 0 amide bonds. The minimum absolute atomic E-state index is 0.173. The molecule has 6 heteroatoms. The largest absolute Gasteiger partial charge is 0.399 e. The third kappa shape index (κ3) is 3.61. The van der Waals surface area contributed by atoms with Crippen LogP contribution in [0, 0.1) is 0 Å². The zero-order valence-corrected chi connectivity index (χ0v) is 13.6. The van der Waals surface area contributed by atoms with Gasteiger partial charge in [0.1, 0.15) is 0 Å². The van der Waals surface area contributed by atoms with Crippen LogP contribution in [0.25, 0.3) is 0 Å². The molecule has 1 heterocycles. The predicted octanol–water partition coefficient (Wildman–Crippen LogP) is 2.73. The summed E-state index contributed by atoms with van der Waals surface area (Å²) in [5, 5.41) is 0. The second kappa shape index (κ2) is 6.82. The lowest BCUT2D eigenvalue weighted by molar-refractivity contribution is 0.572. The summed E-state index contributed by atoms with van der Waals surface area (Å²) in [6.07, 6.45) is 3.28. The molecule has 5 nitrogen and oxygen atoms in total. The van der Waals surface area contributed by atoms with Gasteiger partial charge < -0.3 is 5.73 Å². The first kappa shape index (κ1) is 16.2. The molecule has 1 atom stereocenters. The fourth-order valence-electron chi connectivity index (χ4n) is 2.40. The van der Waals surface area contributed by atoms with Gasteiger partial charge in [-0.05, 0) is 47.5 Å². The van der Waals surface area contributed by atoms with Crippen molar-refractivity contribution in [3.8, 4) is 0 Å². The van der Waals surface area contributed by atoms with E-state index >= 15 is 0 Å². The maximum absolute atomic E-state index is 12.7. The van der Waals surface area contributed by atoms with Crippen molar-refractivity contribution < 1.29 is 8.42 Å². The van der Waals surface area contributed by atoms with Gasteiger partial charge in [0, 0.05) is 18.1 Å². The highest BCUT2D eigenvalue weighted by Crippen LogP contribution is 2.24. The summed E-state index contributed by atoms with van der Waals surface area (Å²) in [5.74, 6) is 0. The van der Waals surface area contributed by atoms with Gasteiger partial charge in [-0.3, -0.25) is 4.98 Å². The highest BCUT2D eigenvalue weighted by atomic mass is 32.2. The molecule has 0 aliphatic rings. The molecule has 0 radical (unpaired) electrons. The Balaban J connectivity index is 1.99. The molecule has 3 N–H and O–H groups in total. The summed E-state index contributed by atoms with van der Waals surface area (Å²) in [7, 11) is -3.70. The summed E-state index contributed by atoms with van der Waals surface area (Å²) >= 11 is 0. The summed E-state index contributed by atoms with van der Waals surface area (Å²) < 4.78 is 28.2. The minimum atomic E-state index is -3.70.